The zero-order valence-electron chi connectivity index (χ0n) is 20.4. The van der Waals surface area contributed by atoms with E-state index in [9.17, 15) is 0 Å². The molecule has 0 atom stereocenters. The first-order valence-corrected chi connectivity index (χ1v) is 10.7. The number of pyridine rings is 2. The zero-order chi connectivity index (χ0) is 24.5. The van der Waals surface area contributed by atoms with Crippen molar-refractivity contribution < 1.29 is 40.4 Å². The Morgan fingerprint density at radius 3 is 1.66 bits per heavy atom. The van der Waals surface area contributed by atoms with Gasteiger partial charge in [-0.15, -0.1) is 58.7 Å². The van der Waals surface area contributed by atoms with E-state index in [-0.39, 0.29) is 27.7 Å². The summed E-state index contributed by atoms with van der Waals surface area (Å²) in [6.45, 7) is 4.02. The quantitative estimate of drug-likeness (QED) is 0.288. The molecule has 35 heavy (non-hydrogen) atoms. The number of aliphatic hydroxyl groups is 1. The minimum atomic E-state index is 0. The van der Waals surface area contributed by atoms with E-state index >= 15 is 0 Å². The van der Waals surface area contributed by atoms with Gasteiger partial charge < -0.3 is 29.3 Å². The molecule has 2 aromatic heterocycles. The van der Waals surface area contributed by atoms with Crippen LogP contribution in [0.2, 0.25) is 0 Å². The molecule has 0 saturated heterocycles. The molecule has 0 spiro atoms. The maximum atomic E-state index is 9.10. The third-order valence-electron chi connectivity index (χ3n) is 5.18. The molecule has 4 aromatic rings. The number of hydrogen-bond acceptors (Lipinski definition) is 6. The van der Waals surface area contributed by atoms with E-state index in [0.717, 1.165) is 56.5 Å². The minimum Gasteiger partial charge on any atom is -0.540 e. The SMILES string of the molecule is COc1c[c-]c(-c2cc(CO)ccn2)c(C)c1.COc1ccnc(-c2[c-]cc(OC)cc2C)c1.[Pt+2]. The molecule has 0 radical (unpaired) electrons. The molecular weight excluding hydrogens is 623 g/mol. The van der Waals surface area contributed by atoms with Crippen LogP contribution in [0.3, 0.4) is 0 Å². The van der Waals surface area contributed by atoms with Crippen LogP contribution < -0.4 is 14.2 Å². The number of rotatable bonds is 6. The fourth-order valence-electron chi connectivity index (χ4n) is 3.34. The summed E-state index contributed by atoms with van der Waals surface area (Å²) in [4.78, 5) is 8.61. The summed E-state index contributed by atoms with van der Waals surface area (Å²) in [6, 6.07) is 21.2. The van der Waals surface area contributed by atoms with Crippen LogP contribution in [-0.4, -0.2) is 36.4 Å². The van der Waals surface area contributed by atoms with E-state index < -0.39 is 0 Å². The molecular formula is C28H28N2O4Pt. The Labute approximate surface area is 221 Å². The normalized spacial score (nSPS) is 9.89. The maximum absolute atomic E-state index is 9.10. The van der Waals surface area contributed by atoms with E-state index in [1.54, 1.807) is 45.9 Å². The first-order valence-electron chi connectivity index (χ1n) is 10.7. The smallest absolute Gasteiger partial charge is 0.540 e. The third kappa shape index (κ3) is 7.38. The minimum absolute atomic E-state index is 0. The van der Waals surface area contributed by atoms with Crippen molar-refractivity contribution in [3.05, 3.63) is 89.7 Å². The van der Waals surface area contributed by atoms with Gasteiger partial charge in [-0.25, -0.2) is 0 Å². The second-order valence-corrected chi connectivity index (χ2v) is 7.48. The van der Waals surface area contributed by atoms with Crippen molar-refractivity contribution in [1.82, 2.24) is 9.97 Å². The van der Waals surface area contributed by atoms with Crippen molar-refractivity contribution in [2.45, 2.75) is 20.5 Å². The second kappa shape index (κ2) is 13.6. The molecule has 0 bridgehead atoms. The Balaban J connectivity index is 0.000000240. The van der Waals surface area contributed by atoms with E-state index in [2.05, 4.69) is 22.1 Å². The van der Waals surface area contributed by atoms with Crippen LogP contribution in [0.15, 0.2) is 60.9 Å². The number of aliphatic hydroxyl groups excluding tert-OH is 1. The van der Waals surface area contributed by atoms with Gasteiger partial charge in [-0.2, -0.15) is 0 Å². The van der Waals surface area contributed by atoms with Gasteiger partial charge in [0.15, 0.2) is 0 Å². The Kier molecular flexibility index (Phi) is 10.9. The monoisotopic (exact) mass is 651 g/mol. The molecule has 1 N–H and O–H groups in total. The molecule has 0 amide bonds. The predicted molar refractivity (Wildman–Crippen MR) is 132 cm³/mol. The standard InChI is InChI=1S/2C14H14NO2.Pt/c1-10-8-11(16-2)4-5-13(10)14-9-12(17-3)6-7-15-14;1-10-7-12(17-2)3-4-13(10)14-8-11(9-16)5-6-15-14;/h4,6-9H,1-3H3;3,5-8,16H,9H2,1-2H3;/q2*-1;+2. The molecule has 0 aliphatic heterocycles. The van der Waals surface area contributed by atoms with Crippen LogP contribution >= 0.6 is 0 Å². The van der Waals surface area contributed by atoms with Gasteiger partial charge in [-0.1, -0.05) is 19.9 Å². The molecule has 7 heteroatoms. The zero-order valence-corrected chi connectivity index (χ0v) is 22.6. The molecule has 184 valence electrons. The summed E-state index contributed by atoms with van der Waals surface area (Å²) < 4.78 is 15.5. The Morgan fingerprint density at radius 1 is 0.714 bits per heavy atom. The largest absolute Gasteiger partial charge is 2.00 e. The first kappa shape index (κ1) is 28.0. The Hall–Kier alpha value is -3.21. The topological polar surface area (TPSA) is 73.7 Å². The van der Waals surface area contributed by atoms with Gasteiger partial charge in [-0.05, 0) is 35.2 Å². The molecule has 0 aliphatic rings. The summed E-state index contributed by atoms with van der Waals surface area (Å²) in [7, 11) is 4.92. The van der Waals surface area contributed by atoms with Crippen LogP contribution in [-0.2, 0) is 27.7 Å². The van der Waals surface area contributed by atoms with Crippen molar-refractivity contribution in [2.24, 2.45) is 0 Å². The van der Waals surface area contributed by atoms with Gasteiger partial charge in [0, 0.05) is 23.9 Å². The third-order valence-corrected chi connectivity index (χ3v) is 5.18. The molecule has 0 unspecified atom stereocenters. The molecule has 0 fully saturated rings. The van der Waals surface area contributed by atoms with Crippen molar-refractivity contribution >= 4 is 0 Å². The van der Waals surface area contributed by atoms with Gasteiger partial charge >= 0.3 is 21.1 Å². The fourth-order valence-corrected chi connectivity index (χ4v) is 3.34. The van der Waals surface area contributed by atoms with Gasteiger partial charge in [0.05, 0.1) is 27.9 Å². The maximum Gasteiger partial charge on any atom is 2.00 e. The van der Waals surface area contributed by atoms with E-state index in [1.165, 1.54) is 0 Å². The number of benzene rings is 2. The second-order valence-electron chi connectivity index (χ2n) is 7.48. The summed E-state index contributed by atoms with van der Waals surface area (Å²) in [5.41, 5.74) is 6.53. The molecule has 2 heterocycles. The Morgan fingerprint density at radius 2 is 1.20 bits per heavy atom. The van der Waals surface area contributed by atoms with Crippen LogP contribution in [0.25, 0.3) is 22.5 Å². The number of aromatic nitrogens is 2. The summed E-state index contributed by atoms with van der Waals surface area (Å²) in [5.74, 6) is 2.37. The number of aryl methyl sites for hydroxylation is 2. The summed E-state index contributed by atoms with van der Waals surface area (Å²) >= 11 is 0. The van der Waals surface area contributed by atoms with Crippen molar-refractivity contribution in [1.29, 1.82) is 0 Å². The number of hydrogen-bond donors (Lipinski definition) is 1. The molecule has 4 rings (SSSR count). The van der Waals surface area contributed by atoms with Gasteiger partial charge in [0.1, 0.15) is 5.75 Å². The Bertz CT molecular complexity index is 1150. The number of methoxy groups -OCH3 is 3. The predicted octanol–water partition coefficient (Wildman–Crippen LogP) is 5.23. The number of ether oxygens (including phenoxy) is 3. The van der Waals surface area contributed by atoms with E-state index in [0.29, 0.717) is 0 Å². The average molecular weight is 652 g/mol. The molecule has 0 saturated carbocycles. The van der Waals surface area contributed by atoms with Gasteiger partial charge in [-0.3, -0.25) is 0 Å². The number of nitrogens with zero attached hydrogens (tertiary/aromatic N) is 2. The average Bonchev–Trinajstić information content (AvgIpc) is 2.88. The van der Waals surface area contributed by atoms with Crippen LogP contribution in [0.4, 0.5) is 0 Å². The molecule has 2 aromatic carbocycles. The van der Waals surface area contributed by atoms with E-state index in [4.69, 9.17) is 19.3 Å². The first-order chi connectivity index (χ1) is 16.5. The van der Waals surface area contributed by atoms with Gasteiger partial charge in [0.2, 0.25) is 0 Å². The summed E-state index contributed by atoms with van der Waals surface area (Å²) in [5, 5.41) is 9.10. The van der Waals surface area contributed by atoms with E-state index in [1.807, 2.05) is 50.2 Å². The van der Waals surface area contributed by atoms with Crippen molar-refractivity contribution in [2.75, 3.05) is 21.3 Å². The van der Waals surface area contributed by atoms with Crippen LogP contribution in [0, 0.1) is 26.0 Å². The molecule has 6 nitrogen and oxygen atoms in total. The summed E-state index contributed by atoms with van der Waals surface area (Å²) in [6.07, 6.45) is 3.42. The van der Waals surface area contributed by atoms with Crippen LogP contribution in [0.1, 0.15) is 16.7 Å². The fraction of sp³-hybridized carbons (Fsp3) is 0.214. The van der Waals surface area contributed by atoms with Gasteiger partial charge in [0.25, 0.3) is 0 Å². The van der Waals surface area contributed by atoms with Crippen LogP contribution in [0.5, 0.6) is 17.2 Å². The van der Waals surface area contributed by atoms with Crippen molar-refractivity contribution in [3.63, 3.8) is 0 Å². The van der Waals surface area contributed by atoms with Crippen molar-refractivity contribution in [3.8, 4) is 39.8 Å². The molecule has 0 aliphatic carbocycles.